The van der Waals surface area contributed by atoms with Gasteiger partial charge in [-0.25, -0.2) is 4.98 Å². The topological polar surface area (TPSA) is 51.2 Å². The highest BCUT2D eigenvalue weighted by atomic mass is 16.5. The van der Waals surface area contributed by atoms with Crippen molar-refractivity contribution in [2.75, 3.05) is 12.4 Å². The van der Waals surface area contributed by atoms with Crippen LogP contribution in [0.25, 0.3) is 0 Å². The quantitative estimate of drug-likeness (QED) is 0.765. The molecule has 4 heteroatoms. The van der Waals surface area contributed by atoms with Crippen LogP contribution in [0.3, 0.4) is 0 Å². The van der Waals surface area contributed by atoms with E-state index in [4.69, 9.17) is 4.74 Å². The first-order valence-electron chi connectivity index (χ1n) is 4.06. The molecule has 0 atom stereocenters. The van der Waals surface area contributed by atoms with Gasteiger partial charge in [-0.3, -0.25) is 4.79 Å². The molecule has 0 radical (unpaired) electrons. The van der Waals surface area contributed by atoms with Crippen molar-refractivity contribution in [3.8, 4) is 5.88 Å². The van der Waals surface area contributed by atoms with Gasteiger partial charge in [-0.15, -0.1) is 0 Å². The van der Waals surface area contributed by atoms with Crippen LogP contribution >= 0.6 is 0 Å². The van der Waals surface area contributed by atoms with Gasteiger partial charge in [-0.2, -0.15) is 0 Å². The van der Waals surface area contributed by atoms with E-state index in [-0.39, 0.29) is 5.91 Å². The molecule has 70 valence electrons. The lowest BCUT2D eigenvalue weighted by atomic mass is 10.3. The Morgan fingerprint density at radius 3 is 3.08 bits per heavy atom. The average molecular weight is 180 g/mol. The zero-order valence-corrected chi connectivity index (χ0v) is 7.70. The van der Waals surface area contributed by atoms with E-state index in [0.29, 0.717) is 18.0 Å². The van der Waals surface area contributed by atoms with Crippen molar-refractivity contribution in [3.63, 3.8) is 0 Å². The van der Waals surface area contributed by atoms with Crippen LogP contribution in [0.4, 0.5) is 5.69 Å². The number of carbonyl (C=O) groups excluding carboxylic acids is 1. The molecular weight excluding hydrogens is 168 g/mol. The number of nitrogens with one attached hydrogen (secondary N) is 1. The monoisotopic (exact) mass is 180 g/mol. The summed E-state index contributed by atoms with van der Waals surface area (Å²) in [4.78, 5) is 14.9. The third kappa shape index (κ3) is 2.74. The average Bonchev–Trinajstić information content (AvgIpc) is 2.18. The van der Waals surface area contributed by atoms with Crippen molar-refractivity contribution in [1.82, 2.24) is 4.98 Å². The minimum absolute atomic E-state index is 0.0201. The van der Waals surface area contributed by atoms with Gasteiger partial charge in [-0.05, 0) is 6.07 Å². The standard InChI is InChI=1S/C9H12N2O2/c1-3-8(12)11-7-4-5-10-9(6-7)13-2/h4-6H,3H2,1-2H3,(H,10,11,12). The molecule has 0 bridgehead atoms. The molecule has 0 fully saturated rings. The number of anilines is 1. The van der Waals surface area contributed by atoms with Gasteiger partial charge >= 0.3 is 0 Å². The van der Waals surface area contributed by atoms with Gasteiger partial charge in [0.2, 0.25) is 11.8 Å². The van der Waals surface area contributed by atoms with Gasteiger partial charge < -0.3 is 10.1 Å². The molecule has 0 aromatic carbocycles. The van der Waals surface area contributed by atoms with E-state index in [2.05, 4.69) is 10.3 Å². The Morgan fingerprint density at radius 2 is 2.46 bits per heavy atom. The highest BCUT2D eigenvalue weighted by Gasteiger charge is 1.99. The SMILES string of the molecule is CCC(=O)Nc1ccnc(OC)c1. The first-order chi connectivity index (χ1) is 6.26. The van der Waals surface area contributed by atoms with Crippen LogP contribution in [0.5, 0.6) is 5.88 Å². The van der Waals surface area contributed by atoms with E-state index in [0.717, 1.165) is 0 Å². The van der Waals surface area contributed by atoms with Crippen molar-refractivity contribution >= 4 is 11.6 Å². The molecule has 13 heavy (non-hydrogen) atoms. The molecule has 0 unspecified atom stereocenters. The number of hydrogen-bond acceptors (Lipinski definition) is 3. The largest absolute Gasteiger partial charge is 0.481 e. The summed E-state index contributed by atoms with van der Waals surface area (Å²) in [5.41, 5.74) is 0.707. The highest BCUT2D eigenvalue weighted by Crippen LogP contribution is 2.13. The zero-order chi connectivity index (χ0) is 9.68. The smallest absolute Gasteiger partial charge is 0.224 e. The van der Waals surface area contributed by atoms with Gasteiger partial charge in [0.1, 0.15) is 0 Å². The number of methoxy groups -OCH3 is 1. The molecule has 0 aliphatic carbocycles. The maximum atomic E-state index is 11.0. The van der Waals surface area contributed by atoms with Gasteiger partial charge in [-0.1, -0.05) is 6.92 Å². The number of carbonyl (C=O) groups is 1. The number of hydrogen-bond donors (Lipinski definition) is 1. The number of ether oxygens (including phenoxy) is 1. The number of aromatic nitrogens is 1. The number of nitrogens with zero attached hydrogens (tertiary/aromatic N) is 1. The Hall–Kier alpha value is -1.58. The van der Waals surface area contributed by atoms with Crippen LogP contribution in [0.2, 0.25) is 0 Å². The molecule has 1 amide bonds. The van der Waals surface area contributed by atoms with Crippen molar-refractivity contribution in [3.05, 3.63) is 18.3 Å². The fourth-order valence-corrected chi connectivity index (χ4v) is 0.848. The predicted molar refractivity (Wildman–Crippen MR) is 49.7 cm³/mol. The van der Waals surface area contributed by atoms with E-state index in [9.17, 15) is 4.79 Å². The summed E-state index contributed by atoms with van der Waals surface area (Å²) >= 11 is 0. The van der Waals surface area contributed by atoms with Crippen molar-refractivity contribution < 1.29 is 9.53 Å². The summed E-state index contributed by atoms with van der Waals surface area (Å²) in [6.45, 7) is 1.80. The molecule has 1 heterocycles. The van der Waals surface area contributed by atoms with E-state index in [1.54, 1.807) is 25.3 Å². The Bertz CT molecular complexity index is 299. The molecule has 0 aliphatic heterocycles. The number of rotatable bonds is 3. The van der Waals surface area contributed by atoms with Gasteiger partial charge in [0, 0.05) is 24.4 Å². The normalized spacial score (nSPS) is 9.38. The molecule has 1 aromatic heterocycles. The molecule has 1 aromatic rings. The molecule has 1 rings (SSSR count). The summed E-state index contributed by atoms with van der Waals surface area (Å²) < 4.78 is 4.91. The Kier molecular flexibility index (Phi) is 3.25. The van der Waals surface area contributed by atoms with Crippen LogP contribution in [-0.4, -0.2) is 18.0 Å². The molecule has 1 N–H and O–H groups in total. The fourth-order valence-electron chi connectivity index (χ4n) is 0.848. The van der Waals surface area contributed by atoms with Gasteiger partial charge in [0.25, 0.3) is 0 Å². The summed E-state index contributed by atoms with van der Waals surface area (Å²) in [7, 11) is 1.54. The van der Waals surface area contributed by atoms with E-state index in [1.165, 1.54) is 7.11 Å². The summed E-state index contributed by atoms with van der Waals surface area (Å²) in [5.74, 6) is 0.474. The lowest BCUT2D eigenvalue weighted by Gasteiger charge is -2.04. The van der Waals surface area contributed by atoms with Crippen LogP contribution in [0, 0.1) is 0 Å². The van der Waals surface area contributed by atoms with E-state index >= 15 is 0 Å². The molecule has 4 nitrogen and oxygen atoms in total. The third-order valence-corrected chi connectivity index (χ3v) is 1.55. The summed E-state index contributed by atoms with van der Waals surface area (Å²) in [5, 5.41) is 2.71. The molecule has 0 saturated carbocycles. The third-order valence-electron chi connectivity index (χ3n) is 1.55. The minimum Gasteiger partial charge on any atom is -0.481 e. The zero-order valence-electron chi connectivity index (χ0n) is 7.70. The van der Waals surface area contributed by atoms with Crippen molar-refractivity contribution in [2.45, 2.75) is 13.3 Å². The first-order valence-corrected chi connectivity index (χ1v) is 4.06. The van der Waals surface area contributed by atoms with Crippen molar-refractivity contribution in [1.29, 1.82) is 0 Å². The Balaban J connectivity index is 2.71. The van der Waals surface area contributed by atoms with Gasteiger partial charge in [0.05, 0.1) is 7.11 Å². The van der Waals surface area contributed by atoms with Crippen molar-refractivity contribution in [2.24, 2.45) is 0 Å². The highest BCUT2D eigenvalue weighted by molar-refractivity contribution is 5.90. The first kappa shape index (κ1) is 9.51. The lowest BCUT2D eigenvalue weighted by molar-refractivity contribution is -0.115. The predicted octanol–water partition coefficient (Wildman–Crippen LogP) is 1.44. The summed E-state index contributed by atoms with van der Waals surface area (Å²) in [6, 6.07) is 3.39. The summed E-state index contributed by atoms with van der Waals surface area (Å²) in [6.07, 6.45) is 2.05. The number of pyridine rings is 1. The molecule has 0 saturated heterocycles. The molecule has 0 spiro atoms. The number of amides is 1. The Morgan fingerprint density at radius 1 is 1.69 bits per heavy atom. The van der Waals surface area contributed by atoms with Crippen LogP contribution in [0.1, 0.15) is 13.3 Å². The Labute approximate surface area is 76.9 Å². The molecule has 0 aliphatic rings. The molecular formula is C9H12N2O2. The van der Waals surface area contributed by atoms with Crippen LogP contribution in [0.15, 0.2) is 18.3 Å². The maximum Gasteiger partial charge on any atom is 0.224 e. The van der Waals surface area contributed by atoms with E-state index in [1.807, 2.05) is 0 Å². The second kappa shape index (κ2) is 4.45. The minimum atomic E-state index is -0.0201. The fraction of sp³-hybridized carbons (Fsp3) is 0.333. The second-order valence-electron chi connectivity index (χ2n) is 2.49. The lowest BCUT2D eigenvalue weighted by Crippen LogP contribution is -2.09. The van der Waals surface area contributed by atoms with E-state index < -0.39 is 0 Å². The maximum absolute atomic E-state index is 11.0. The van der Waals surface area contributed by atoms with Crippen LogP contribution < -0.4 is 10.1 Å². The van der Waals surface area contributed by atoms with Crippen LogP contribution in [-0.2, 0) is 4.79 Å². The van der Waals surface area contributed by atoms with Gasteiger partial charge in [0.15, 0.2) is 0 Å². The second-order valence-corrected chi connectivity index (χ2v) is 2.49.